The summed E-state index contributed by atoms with van der Waals surface area (Å²) < 4.78 is 32.4. The molecule has 2 aliphatic rings. The molecule has 8 heteroatoms. The average molecular weight is 375 g/mol. The van der Waals surface area contributed by atoms with Crippen molar-refractivity contribution in [3.8, 4) is 0 Å². The fourth-order valence-corrected chi connectivity index (χ4v) is 4.30. The lowest BCUT2D eigenvalue weighted by atomic mass is 9.96. The van der Waals surface area contributed by atoms with Crippen molar-refractivity contribution in [3.63, 3.8) is 0 Å². The van der Waals surface area contributed by atoms with Gasteiger partial charge < -0.3 is 10.5 Å². The van der Waals surface area contributed by atoms with Crippen LogP contribution in [0, 0.1) is 5.92 Å². The fourth-order valence-electron chi connectivity index (χ4n) is 2.99. The van der Waals surface area contributed by atoms with Crippen molar-refractivity contribution in [2.75, 3.05) is 13.7 Å². The maximum Gasteiger partial charge on any atom is 0.316 e. The van der Waals surface area contributed by atoms with E-state index < -0.39 is 15.4 Å². The Kier molecular flexibility index (Phi) is 5.59. The third-order valence-electron chi connectivity index (χ3n) is 4.79. The van der Waals surface area contributed by atoms with E-state index in [1.807, 2.05) is 0 Å². The van der Waals surface area contributed by atoms with E-state index >= 15 is 0 Å². The third kappa shape index (κ3) is 3.59. The zero-order chi connectivity index (χ0) is 16.7. The molecule has 3 N–H and O–H groups in total. The molecule has 6 nitrogen and oxygen atoms in total. The topological polar surface area (TPSA) is 98.5 Å². The van der Waals surface area contributed by atoms with Crippen LogP contribution in [-0.2, 0) is 25.0 Å². The van der Waals surface area contributed by atoms with Gasteiger partial charge in [0.1, 0.15) is 0 Å². The molecule has 2 fully saturated rings. The van der Waals surface area contributed by atoms with Gasteiger partial charge in [-0.15, -0.1) is 12.4 Å². The number of hydrogen-bond acceptors (Lipinski definition) is 5. The van der Waals surface area contributed by atoms with E-state index in [1.54, 1.807) is 24.3 Å². The maximum atomic E-state index is 12.4. The Balaban J connectivity index is 0.00000208. The van der Waals surface area contributed by atoms with Crippen molar-refractivity contribution in [2.45, 2.75) is 42.0 Å². The van der Waals surface area contributed by atoms with Crippen LogP contribution in [0.3, 0.4) is 0 Å². The average Bonchev–Trinajstić information content (AvgIpc) is 3.45. The van der Waals surface area contributed by atoms with E-state index in [0.717, 1.165) is 31.2 Å². The molecule has 0 aromatic heterocycles. The molecule has 1 atom stereocenters. The molecule has 0 amide bonds. The number of nitrogens with one attached hydrogen (secondary N) is 1. The highest BCUT2D eigenvalue weighted by Gasteiger charge is 2.52. The van der Waals surface area contributed by atoms with Gasteiger partial charge in [-0.2, -0.15) is 0 Å². The SMILES string of the molecule is COC(=O)C1(c2ccc(S(=O)(=O)NC(CN)C3CC3)cc2)CC1.Cl. The van der Waals surface area contributed by atoms with Gasteiger partial charge in [-0.05, 0) is 49.3 Å². The largest absolute Gasteiger partial charge is 0.468 e. The number of esters is 1. The molecule has 3 rings (SSSR count). The first-order chi connectivity index (χ1) is 10.9. The standard InChI is InChI=1S/C16H22N2O4S.ClH/c1-22-15(19)16(8-9-16)12-4-6-13(7-5-12)23(20,21)18-14(10-17)11-2-3-11;/h4-7,11,14,18H,2-3,8-10,17H2,1H3;1H. The number of carbonyl (C=O) groups is 1. The number of methoxy groups -OCH3 is 1. The molecule has 2 aliphatic carbocycles. The van der Waals surface area contributed by atoms with Crippen LogP contribution < -0.4 is 10.5 Å². The maximum absolute atomic E-state index is 12.4. The fraction of sp³-hybridized carbons (Fsp3) is 0.562. The van der Waals surface area contributed by atoms with E-state index in [0.29, 0.717) is 12.5 Å². The zero-order valence-corrected chi connectivity index (χ0v) is 15.2. The minimum absolute atomic E-state index is 0. The van der Waals surface area contributed by atoms with Crippen LogP contribution in [0.25, 0.3) is 0 Å². The number of carbonyl (C=O) groups excluding carboxylic acids is 1. The first-order valence-corrected chi connectivity index (χ1v) is 9.32. The van der Waals surface area contributed by atoms with Crippen molar-refractivity contribution in [3.05, 3.63) is 29.8 Å². The van der Waals surface area contributed by atoms with Gasteiger partial charge in [0.25, 0.3) is 0 Å². The Morgan fingerprint density at radius 2 is 1.92 bits per heavy atom. The number of nitrogens with two attached hydrogens (primary N) is 1. The van der Waals surface area contributed by atoms with E-state index in [-0.39, 0.29) is 29.3 Å². The highest BCUT2D eigenvalue weighted by molar-refractivity contribution is 7.89. The van der Waals surface area contributed by atoms with Crippen molar-refractivity contribution in [1.82, 2.24) is 4.72 Å². The molecule has 0 radical (unpaired) electrons. The van der Waals surface area contributed by atoms with E-state index in [9.17, 15) is 13.2 Å². The summed E-state index contributed by atoms with van der Waals surface area (Å²) >= 11 is 0. The zero-order valence-electron chi connectivity index (χ0n) is 13.5. The minimum Gasteiger partial charge on any atom is -0.468 e. The van der Waals surface area contributed by atoms with Crippen LogP contribution in [-0.4, -0.2) is 34.1 Å². The Morgan fingerprint density at radius 1 is 1.33 bits per heavy atom. The van der Waals surface area contributed by atoms with Gasteiger partial charge in [0.05, 0.1) is 17.4 Å². The lowest BCUT2D eigenvalue weighted by molar-refractivity contribution is -0.143. The Bertz CT molecular complexity index is 697. The molecule has 0 spiro atoms. The molecule has 2 saturated carbocycles. The minimum atomic E-state index is -3.59. The quantitative estimate of drug-likeness (QED) is 0.701. The number of rotatable bonds is 7. The van der Waals surface area contributed by atoms with Crippen LogP contribution in [0.2, 0.25) is 0 Å². The number of benzene rings is 1. The second kappa shape index (κ2) is 7.00. The van der Waals surface area contributed by atoms with E-state index in [2.05, 4.69) is 4.72 Å². The molecule has 1 unspecified atom stereocenters. The molecule has 0 saturated heterocycles. The summed E-state index contributed by atoms with van der Waals surface area (Å²) in [5, 5.41) is 0. The number of halogens is 1. The van der Waals surface area contributed by atoms with Crippen LogP contribution in [0.4, 0.5) is 0 Å². The van der Waals surface area contributed by atoms with E-state index in [1.165, 1.54) is 7.11 Å². The number of sulfonamides is 1. The number of ether oxygens (including phenoxy) is 1. The first-order valence-electron chi connectivity index (χ1n) is 7.84. The summed E-state index contributed by atoms with van der Waals surface area (Å²) in [7, 11) is -2.22. The number of hydrogen-bond donors (Lipinski definition) is 2. The predicted molar refractivity (Wildman–Crippen MR) is 92.5 cm³/mol. The van der Waals surface area contributed by atoms with Crippen LogP contribution >= 0.6 is 12.4 Å². The molecule has 1 aromatic carbocycles. The Morgan fingerprint density at radius 3 is 2.33 bits per heavy atom. The normalized spacial score (nSPS) is 19.9. The summed E-state index contributed by atoms with van der Waals surface area (Å²) in [4.78, 5) is 12.1. The first kappa shape index (κ1) is 19.2. The smallest absolute Gasteiger partial charge is 0.316 e. The lowest BCUT2D eigenvalue weighted by Gasteiger charge is -2.17. The van der Waals surface area contributed by atoms with Crippen molar-refractivity contribution < 1.29 is 17.9 Å². The Hall–Kier alpha value is -1.15. The molecule has 1 aromatic rings. The summed E-state index contributed by atoms with van der Waals surface area (Å²) in [6.07, 6.45) is 3.51. The van der Waals surface area contributed by atoms with Gasteiger partial charge in [0.2, 0.25) is 10.0 Å². The monoisotopic (exact) mass is 374 g/mol. The molecular formula is C16H23ClN2O4S. The molecule has 24 heavy (non-hydrogen) atoms. The predicted octanol–water partition coefficient (Wildman–Crippen LogP) is 1.33. The summed E-state index contributed by atoms with van der Waals surface area (Å²) in [5.41, 5.74) is 5.88. The van der Waals surface area contributed by atoms with Gasteiger partial charge in [-0.25, -0.2) is 13.1 Å². The van der Waals surface area contributed by atoms with Gasteiger partial charge >= 0.3 is 5.97 Å². The molecule has 0 aliphatic heterocycles. The van der Waals surface area contributed by atoms with Crippen molar-refractivity contribution in [1.29, 1.82) is 0 Å². The van der Waals surface area contributed by atoms with Gasteiger partial charge in [0, 0.05) is 12.6 Å². The van der Waals surface area contributed by atoms with Crippen LogP contribution in [0.1, 0.15) is 31.2 Å². The van der Waals surface area contributed by atoms with Crippen LogP contribution in [0.15, 0.2) is 29.2 Å². The van der Waals surface area contributed by atoms with Gasteiger partial charge in [-0.3, -0.25) is 4.79 Å². The van der Waals surface area contributed by atoms with Crippen molar-refractivity contribution >= 4 is 28.4 Å². The lowest BCUT2D eigenvalue weighted by Crippen LogP contribution is -2.41. The van der Waals surface area contributed by atoms with Gasteiger partial charge in [0.15, 0.2) is 0 Å². The molecular weight excluding hydrogens is 352 g/mol. The summed E-state index contributed by atoms with van der Waals surface area (Å²) in [5.74, 6) is 0.0891. The third-order valence-corrected chi connectivity index (χ3v) is 6.30. The Labute approximate surface area is 148 Å². The molecule has 0 heterocycles. The highest BCUT2D eigenvalue weighted by atomic mass is 35.5. The van der Waals surface area contributed by atoms with E-state index in [4.69, 9.17) is 10.5 Å². The van der Waals surface area contributed by atoms with Gasteiger partial charge in [-0.1, -0.05) is 12.1 Å². The second-order valence-electron chi connectivity index (χ2n) is 6.40. The highest BCUT2D eigenvalue weighted by Crippen LogP contribution is 2.49. The summed E-state index contributed by atoms with van der Waals surface area (Å²) in [6, 6.07) is 6.28. The molecule has 134 valence electrons. The summed E-state index contributed by atoms with van der Waals surface area (Å²) in [6.45, 7) is 0.299. The second-order valence-corrected chi connectivity index (χ2v) is 8.11. The van der Waals surface area contributed by atoms with Crippen LogP contribution in [0.5, 0.6) is 0 Å². The molecule has 0 bridgehead atoms. The van der Waals surface area contributed by atoms with Crippen molar-refractivity contribution in [2.24, 2.45) is 11.7 Å².